The van der Waals surface area contributed by atoms with Crippen LogP contribution in [0.25, 0.3) is 0 Å². The van der Waals surface area contributed by atoms with Crippen LogP contribution in [0.3, 0.4) is 0 Å². The molecule has 1 saturated heterocycles. The van der Waals surface area contributed by atoms with E-state index in [1.807, 2.05) is 0 Å². The van der Waals surface area contributed by atoms with Gasteiger partial charge in [0, 0.05) is 32.5 Å². The molecule has 2 aliphatic rings. The number of hydrogen-bond donors (Lipinski definition) is 1. The fourth-order valence-corrected chi connectivity index (χ4v) is 7.16. The number of aryl methyl sites for hydroxylation is 2. The monoisotopic (exact) mass is 507 g/mol. The highest BCUT2D eigenvalue weighted by Crippen LogP contribution is 2.29. The molecule has 0 aromatic heterocycles. The molecule has 1 aromatic rings. The Kier molecular flexibility index (Phi) is 10.2. The quantitative estimate of drug-likeness (QED) is 0.491. The van der Waals surface area contributed by atoms with Crippen LogP contribution in [0.2, 0.25) is 0 Å². The van der Waals surface area contributed by atoms with E-state index in [1.54, 1.807) is 40.1 Å². The number of ketones is 1. The standard InChI is InChI=1S/C27H45N3O4S/c1-20-16-26(34-5)17-21(2)27(20)35(32,33)30(4)15-12-25(31)18-22-6-8-24(9-7-22)28-19-23-10-13-29(3)14-11-23/h16-17,22-24,28H,6-15,18-19H2,1-5H3. The number of carbonyl (C=O) groups excluding carboxylic acids is 1. The third kappa shape index (κ3) is 7.75. The molecule has 3 rings (SSSR count). The molecule has 0 amide bonds. The van der Waals surface area contributed by atoms with Crippen molar-refractivity contribution >= 4 is 15.8 Å². The molecule has 1 saturated carbocycles. The molecule has 7 nitrogen and oxygen atoms in total. The lowest BCUT2D eigenvalue weighted by Gasteiger charge is -2.33. The van der Waals surface area contributed by atoms with Gasteiger partial charge in [-0.1, -0.05) is 0 Å². The van der Waals surface area contributed by atoms with Crippen molar-refractivity contribution < 1.29 is 17.9 Å². The zero-order valence-electron chi connectivity index (χ0n) is 22.3. The summed E-state index contributed by atoms with van der Waals surface area (Å²) in [7, 11) is 1.67. The maximum Gasteiger partial charge on any atom is 0.243 e. The normalized spacial score (nSPS) is 22.5. The number of nitrogens with zero attached hydrogens (tertiary/aromatic N) is 2. The van der Waals surface area contributed by atoms with E-state index in [2.05, 4.69) is 17.3 Å². The number of ether oxygens (including phenoxy) is 1. The van der Waals surface area contributed by atoms with Gasteiger partial charge in [-0.2, -0.15) is 0 Å². The number of nitrogens with one attached hydrogen (secondary N) is 1. The van der Waals surface area contributed by atoms with Crippen molar-refractivity contribution in [3.05, 3.63) is 23.3 Å². The van der Waals surface area contributed by atoms with Crippen molar-refractivity contribution in [2.45, 2.75) is 76.2 Å². The molecule has 1 aliphatic carbocycles. The number of hydrogen-bond acceptors (Lipinski definition) is 6. The van der Waals surface area contributed by atoms with Crippen molar-refractivity contribution in [3.63, 3.8) is 0 Å². The summed E-state index contributed by atoms with van der Waals surface area (Å²) in [5.41, 5.74) is 1.31. The summed E-state index contributed by atoms with van der Waals surface area (Å²) in [6.45, 7) is 7.30. The number of methoxy groups -OCH3 is 1. The molecule has 198 valence electrons. The van der Waals surface area contributed by atoms with Crippen LogP contribution in [-0.4, -0.2) is 76.8 Å². The van der Waals surface area contributed by atoms with Crippen LogP contribution in [0.1, 0.15) is 62.5 Å². The lowest BCUT2D eigenvalue weighted by atomic mass is 9.82. The Morgan fingerprint density at radius 1 is 1.06 bits per heavy atom. The Bertz CT molecular complexity index is 926. The Hall–Kier alpha value is -1.48. The largest absolute Gasteiger partial charge is 0.497 e. The van der Waals surface area contributed by atoms with Gasteiger partial charge in [0.1, 0.15) is 11.5 Å². The Balaban J connectivity index is 1.40. The topological polar surface area (TPSA) is 79.0 Å². The molecule has 0 radical (unpaired) electrons. The molecule has 1 aliphatic heterocycles. The minimum atomic E-state index is -3.67. The van der Waals surface area contributed by atoms with Gasteiger partial charge in [0.15, 0.2) is 0 Å². The fourth-order valence-electron chi connectivity index (χ4n) is 5.59. The highest BCUT2D eigenvalue weighted by molar-refractivity contribution is 7.89. The van der Waals surface area contributed by atoms with Crippen molar-refractivity contribution in [2.24, 2.45) is 11.8 Å². The molecular formula is C27H45N3O4S. The van der Waals surface area contributed by atoms with Gasteiger partial charge in [-0.3, -0.25) is 4.79 Å². The van der Waals surface area contributed by atoms with Crippen molar-refractivity contribution in [3.8, 4) is 5.75 Å². The van der Waals surface area contributed by atoms with Gasteiger partial charge < -0.3 is 15.0 Å². The molecule has 0 atom stereocenters. The summed E-state index contributed by atoms with van der Waals surface area (Å²) in [5.74, 6) is 2.03. The molecule has 1 aromatic carbocycles. The van der Waals surface area contributed by atoms with Crippen LogP contribution >= 0.6 is 0 Å². The van der Waals surface area contributed by atoms with Crippen molar-refractivity contribution in [1.82, 2.24) is 14.5 Å². The number of piperidine rings is 1. The average Bonchev–Trinajstić information content (AvgIpc) is 2.82. The molecular weight excluding hydrogens is 462 g/mol. The summed E-state index contributed by atoms with van der Waals surface area (Å²) in [4.78, 5) is 15.4. The second-order valence-electron chi connectivity index (χ2n) is 10.8. The summed E-state index contributed by atoms with van der Waals surface area (Å²) >= 11 is 0. The van der Waals surface area contributed by atoms with Crippen LogP contribution in [-0.2, 0) is 14.8 Å². The van der Waals surface area contributed by atoms with Crippen LogP contribution in [0.4, 0.5) is 0 Å². The lowest BCUT2D eigenvalue weighted by molar-refractivity contribution is -0.120. The van der Waals surface area contributed by atoms with Gasteiger partial charge in [-0.05, 0) is 114 Å². The van der Waals surface area contributed by atoms with E-state index in [4.69, 9.17) is 4.74 Å². The molecule has 2 fully saturated rings. The first-order chi connectivity index (χ1) is 16.6. The first kappa shape index (κ1) is 28.1. The maximum absolute atomic E-state index is 13.2. The van der Waals surface area contributed by atoms with Crippen LogP contribution in [0, 0.1) is 25.7 Å². The average molecular weight is 508 g/mol. The van der Waals surface area contributed by atoms with Crippen molar-refractivity contribution in [2.75, 3.05) is 47.4 Å². The van der Waals surface area contributed by atoms with E-state index >= 15 is 0 Å². The third-order valence-corrected chi connectivity index (χ3v) is 10.1. The number of sulfonamides is 1. The van der Waals surface area contributed by atoms with Crippen LogP contribution in [0.15, 0.2) is 17.0 Å². The Morgan fingerprint density at radius 2 is 1.66 bits per heavy atom. The summed E-state index contributed by atoms with van der Waals surface area (Å²) in [5, 5.41) is 3.78. The smallest absolute Gasteiger partial charge is 0.243 e. The summed E-state index contributed by atoms with van der Waals surface area (Å²) < 4.78 is 32.9. The predicted octanol–water partition coefficient (Wildman–Crippen LogP) is 3.77. The molecule has 1 N–H and O–H groups in total. The molecule has 8 heteroatoms. The van der Waals surface area contributed by atoms with E-state index in [0.717, 1.165) is 38.1 Å². The van der Waals surface area contributed by atoms with Gasteiger partial charge in [-0.25, -0.2) is 12.7 Å². The fraction of sp³-hybridized carbons (Fsp3) is 0.741. The number of carbonyl (C=O) groups is 1. The highest BCUT2D eigenvalue weighted by Gasteiger charge is 2.27. The Morgan fingerprint density at radius 3 is 2.23 bits per heavy atom. The minimum Gasteiger partial charge on any atom is -0.497 e. The number of benzene rings is 1. The zero-order valence-corrected chi connectivity index (χ0v) is 23.1. The zero-order chi connectivity index (χ0) is 25.6. The predicted molar refractivity (Wildman–Crippen MR) is 140 cm³/mol. The second kappa shape index (κ2) is 12.7. The van der Waals surface area contributed by atoms with E-state index in [9.17, 15) is 13.2 Å². The van der Waals surface area contributed by atoms with Gasteiger partial charge in [-0.15, -0.1) is 0 Å². The first-order valence-electron chi connectivity index (χ1n) is 13.1. The van der Waals surface area contributed by atoms with Gasteiger partial charge in [0.25, 0.3) is 0 Å². The van der Waals surface area contributed by atoms with Gasteiger partial charge in [0.05, 0.1) is 12.0 Å². The van der Waals surface area contributed by atoms with E-state index in [1.165, 1.54) is 30.2 Å². The number of rotatable bonds is 11. The lowest BCUT2D eigenvalue weighted by Crippen LogP contribution is -2.40. The highest BCUT2D eigenvalue weighted by atomic mass is 32.2. The van der Waals surface area contributed by atoms with Crippen LogP contribution < -0.4 is 10.1 Å². The maximum atomic E-state index is 13.2. The van der Waals surface area contributed by atoms with E-state index in [-0.39, 0.29) is 18.7 Å². The van der Waals surface area contributed by atoms with Crippen LogP contribution in [0.5, 0.6) is 5.75 Å². The summed E-state index contributed by atoms with van der Waals surface area (Å²) in [6.07, 6.45) is 7.83. The number of Topliss-reactive ketones (excluding diaryl/α,β-unsaturated/α-hetero) is 1. The number of likely N-dealkylation sites (tertiary alicyclic amines) is 1. The molecule has 1 heterocycles. The molecule has 0 spiro atoms. The van der Waals surface area contributed by atoms with Crippen molar-refractivity contribution in [1.29, 1.82) is 0 Å². The second-order valence-corrected chi connectivity index (χ2v) is 12.8. The first-order valence-corrected chi connectivity index (χ1v) is 14.6. The van der Waals surface area contributed by atoms with E-state index in [0.29, 0.717) is 40.2 Å². The molecule has 0 bridgehead atoms. The van der Waals surface area contributed by atoms with Gasteiger partial charge >= 0.3 is 0 Å². The van der Waals surface area contributed by atoms with Gasteiger partial charge in [0.2, 0.25) is 10.0 Å². The SMILES string of the molecule is COc1cc(C)c(S(=O)(=O)N(C)CCC(=O)CC2CCC(NCC3CCN(C)CC3)CC2)c(C)c1. The Labute approximate surface area is 212 Å². The van der Waals surface area contributed by atoms with E-state index < -0.39 is 10.0 Å². The third-order valence-electron chi connectivity index (χ3n) is 7.94. The molecule has 0 unspecified atom stereocenters. The minimum absolute atomic E-state index is 0.165. The molecule has 35 heavy (non-hydrogen) atoms. The summed E-state index contributed by atoms with van der Waals surface area (Å²) in [6, 6.07) is 4.05.